The van der Waals surface area contributed by atoms with Gasteiger partial charge in [0, 0.05) is 74.2 Å². The van der Waals surface area contributed by atoms with Gasteiger partial charge < -0.3 is 38.9 Å². The van der Waals surface area contributed by atoms with Crippen LogP contribution in [0.15, 0.2) is 52.0 Å². The molecule has 3 aliphatic heterocycles. The minimum atomic E-state index is -0.465. The molecule has 1 atom stereocenters. The average Bonchev–Trinajstić information content (AvgIpc) is 3.85. The number of nitrogens with zero attached hydrogens (tertiary/aromatic N) is 5. The molecule has 4 aromatic rings. The van der Waals surface area contributed by atoms with Crippen molar-refractivity contribution in [2.75, 3.05) is 55.5 Å². The van der Waals surface area contributed by atoms with Crippen LogP contribution in [-0.2, 0) is 11.8 Å². The standard InChI is InChI=1S/C35H37N7O7S/c1-40-20-30(39-32(40)33(44)37-22-7-8-26-21(15-22)16-29(49-26)35(46)41-10-13-50-14-11-41)38-31(43)6-4-12-48-28-18-25-24(17-27(28)47-2)34(45)42-9-3-5-23(42)19-36-25/h7-8,15-20,23H,3-6,9-14H2,1-2H3,(H,37,44)(H,38,43)/t23-/m0/s1. The summed E-state index contributed by atoms with van der Waals surface area (Å²) in [5.74, 6) is 2.33. The first-order valence-corrected chi connectivity index (χ1v) is 17.7. The Bertz CT molecular complexity index is 2000. The van der Waals surface area contributed by atoms with Crippen LogP contribution in [0.1, 0.15) is 57.2 Å². The lowest BCUT2D eigenvalue weighted by Gasteiger charge is -2.25. The molecule has 14 nitrogen and oxygen atoms in total. The van der Waals surface area contributed by atoms with E-state index >= 15 is 0 Å². The Hall–Kier alpha value is -5.31. The van der Waals surface area contributed by atoms with Crippen molar-refractivity contribution in [1.82, 2.24) is 19.4 Å². The number of methoxy groups -OCH3 is 1. The van der Waals surface area contributed by atoms with E-state index in [4.69, 9.17) is 13.9 Å². The Kier molecular flexibility index (Phi) is 9.48. The van der Waals surface area contributed by atoms with Crippen LogP contribution in [-0.4, -0.2) is 100 Å². The Balaban J connectivity index is 0.917. The summed E-state index contributed by atoms with van der Waals surface area (Å²) in [7, 11) is 3.18. The predicted molar refractivity (Wildman–Crippen MR) is 189 cm³/mol. The first kappa shape index (κ1) is 33.2. The highest BCUT2D eigenvalue weighted by Crippen LogP contribution is 2.38. The number of carbonyl (C=O) groups is 4. The third-order valence-electron chi connectivity index (χ3n) is 8.89. The maximum atomic E-state index is 13.1. The SMILES string of the molecule is COc1cc2c(cc1OCCCC(=O)Nc1cn(C)c(C(=O)Nc3ccc4oc(C(=O)N5CCSCC5)cc4c3)n1)N=C[C@@H]1CCCN1C2=O. The number of imidazole rings is 1. The Morgan fingerprint density at radius 3 is 2.72 bits per heavy atom. The van der Waals surface area contributed by atoms with Crippen LogP contribution in [0.25, 0.3) is 11.0 Å². The maximum Gasteiger partial charge on any atom is 0.291 e. The van der Waals surface area contributed by atoms with E-state index in [9.17, 15) is 19.2 Å². The van der Waals surface area contributed by atoms with Crippen molar-refractivity contribution in [2.24, 2.45) is 12.0 Å². The van der Waals surface area contributed by atoms with Crippen molar-refractivity contribution in [3.05, 3.63) is 59.7 Å². The van der Waals surface area contributed by atoms with Gasteiger partial charge >= 0.3 is 0 Å². The molecule has 2 fully saturated rings. The third kappa shape index (κ3) is 6.90. The number of ether oxygens (including phenoxy) is 2. The molecule has 15 heteroatoms. The Labute approximate surface area is 292 Å². The van der Waals surface area contributed by atoms with Crippen LogP contribution in [0.3, 0.4) is 0 Å². The number of amides is 4. The van der Waals surface area contributed by atoms with Crippen LogP contribution in [0, 0.1) is 0 Å². The zero-order chi connectivity index (χ0) is 34.8. The number of nitrogens with one attached hydrogen (secondary N) is 2. The molecular weight excluding hydrogens is 662 g/mol. The summed E-state index contributed by atoms with van der Waals surface area (Å²) in [5, 5.41) is 6.26. The van der Waals surface area contributed by atoms with Crippen molar-refractivity contribution < 1.29 is 33.1 Å². The summed E-state index contributed by atoms with van der Waals surface area (Å²) < 4.78 is 18.8. The molecule has 0 spiro atoms. The lowest BCUT2D eigenvalue weighted by molar-refractivity contribution is -0.116. The molecule has 50 heavy (non-hydrogen) atoms. The molecule has 5 heterocycles. The second-order valence-corrected chi connectivity index (χ2v) is 13.5. The van der Waals surface area contributed by atoms with E-state index < -0.39 is 5.91 Å². The summed E-state index contributed by atoms with van der Waals surface area (Å²) >= 11 is 1.82. The summed E-state index contributed by atoms with van der Waals surface area (Å²) in [5.41, 5.74) is 2.07. The zero-order valence-electron chi connectivity index (χ0n) is 27.8. The first-order chi connectivity index (χ1) is 24.3. The third-order valence-corrected chi connectivity index (χ3v) is 9.84. The molecule has 0 radical (unpaired) electrons. The van der Waals surface area contributed by atoms with E-state index in [1.807, 2.05) is 22.9 Å². The van der Waals surface area contributed by atoms with Crippen molar-refractivity contribution >= 4 is 69.8 Å². The molecule has 2 aromatic heterocycles. The summed E-state index contributed by atoms with van der Waals surface area (Å²) in [6, 6.07) is 10.2. The number of hydrogen-bond acceptors (Lipinski definition) is 10. The van der Waals surface area contributed by atoms with Gasteiger partial charge in [-0.1, -0.05) is 0 Å². The highest BCUT2D eigenvalue weighted by Gasteiger charge is 2.32. The van der Waals surface area contributed by atoms with Gasteiger partial charge in [0.15, 0.2) is 23.1 Å². The molecule has 2 saturated heterocycles. The number of carbonyl (C=O) groups excluding carboxylic acids is 4. The predicted octanol–water partition coefficient (Wildman–Crippen LogP) is 4.73. The molecule has 4 amide bonds. The van der Waals surface area contributed by atoms with E-state index in [0.29, 0.717) is 65.5 Å². The molecule has 3 aliphatic rings. The smallest absolute Gasteiger partial charge is 0.291 e. The number of aryl methyl sites for hydroxylation is 1. The second kappa shape index (κ2) is 14.3. The number of aliphatic imine (C=N–C) groups is 1. The fourth-order valence-electron chi connectivity index (χ4n) is 6.31. The van der Waals surface area contributed by atoms with Crippen molar-refractivity contribution in [3.8, 4) is 11.5 Å². The van der Waals surface area contributed by atoms with Gasteiger partial charge in [0.2, 0.25) is 11.7 Å². The highest BCUT2D eigenvalue weighted by molar-refractivity contribution is 7.99. The number of rotatable bonds is 10. The number of thioether (sulfide) groups is 1. The molecule has 0 saturated carbocycles. The van der Waals surface area contributed by atoms with E-state index in [1.54, 1.807) is 54.5 Å². The zero-order valence-corrected chi connectivity index (χ0v) is 28.6. The quantitative estimate of drug-likeness (QED) is 0.223. The van der Waals surface area contributed by atoms with E-state index in [0.717, 1.165) is 24.3 Å². The summed E-state index contributed by atoms with van der Waals surface area (Å²) in [6.07, 6.45) is 5.77. The van der Waals surface area contributed by atoms with Gasteiger partial charge in [-0.2, -0.15) is 11.8 Å². The van der Waals surface area contributed by atoms with Gasteiger partial charge in [-0.25, -0.2) is 4.98 Å². The molecule has 0 bridgehead atoms. The molecular formula is C35H37N7O7S. The fraction of sp³-hybridized carbons (Fsp3) is 0.371. The number of furan rings is 1. The van der Waals surface area contributed by atoms with E-state index in [-0.39, 0.29) is 54.2 Å². The molecule has 260 valence electrons. The van der Waals surface area contributed by atoms with Crippen LogP contribution in [0.5, 0.6) is 11.5 Å². The highest BCUT2D eigenvalue weighted by atomic mass is 32.2. The Morgan fingerprint density at radius 2 is 1.90 bits per heavy atom. The minimum absolute atomic E-state index is 0.00213. The number of benzene rings is 2. The van der Waals surface area contributed by atoms with E-state index in [1.165, 1.54) is 11.7 Å². The van der Waals surface area contributed by atoms with Crippen molar-refractivity contribution in [2.45, 2.75) is 31.7 Å². The summed E-state index contributed by atoms with van der Waals surface area (Å²) in [6.45, 7) is 2.31. The normalized spacial score (nSPS) is 16.9. The van der Waals surface area contributed by atoms with Crippen LogP contribution in [0.2, 0.25) is 0 Å². The maximum absolute atomic E-state index is 13.1. The lowest BCUT2D eigenvalue weighted by atomic mass is 10.1. The number of aromatic nitrogens is 2. The van der Waals surface area contributed by atoms with Gasteiger partial charge in [-0.05, 0) is 49.6 Å². The monoisotopic (exact) mass is 699 g/mol. The van der Waals surface area contributed by atoms with Crippen LogP contribution < -0.4 is 20.1 Å². The topological polar surface area (TPSA) is 161 Å². The van der Waals surface area contributed by atoms with Crippen molar-refractivity contribution in [1.29, 1.82) is 0 Å². The number of anilines is 2. The van der Waals surface area contributed by atoms with Crippen LogP contribution >= 0.6 is 11.8 Å². The first-order valence-electron chi connectivity index (χ1n) is 16.5. The molecule has 0 aliphatic carbocycles. The van der Waals surface area contributed by atoms with Gasteiger partial charge in [0.25, 0.3) is 17.7 Å². The van der Waals surface area contributed by atoms with Crippen molar-refractivity contribution in [3.63, 3.8) is 0 Å². The Morgan fingerprint density at radius 1 is 1.06 bits per heavy atom. The molecule has 7 rings (SSSR count). The summed E-state index contributed by atoms with van der Waals surface area (Å²) in [4.78, 5) is 64.3. The number of fused-ring (bicyclic) bond motifs is 3. The fourth-order valence-corrected chi connectivity index (χ4v) is 7.22. The van der Waals surface area contributed by atoms with Gasteiger partial charge in [-0.15, -0.1) is 0 Å². The van der Waals surface area contributed by atoms with Gasteiger partial charge in [0.1, 0.15) is 5.58 Å². The molecule has 2 N–H and O–H groups in total. The van der Waals surface area contributed by atoms with Gasteiger partial charge in [-0.3, -0.25) is 24.2 Å². The average molecular weight is 700 g/mol. The molecule has 2 aromatic carbocycles. The second-order valence-electron chi connectivity index (χ2n) is 12.3. The van der Waals surface area contributed by atoms with Gasteiger partial charge in [0.05, 0.1) is 31.0 Å². The molecule has 0 unspecified atom stereocenters. The minimum Gasteiger partial charge on any atom is -0.493 e. The number of hydrogen-bond donors (Lipinski definition) is 2. The largest absolute Gasteiger partial charge is 0.493 e. The van der Waals surface area contributed by atoms with Crippen LogP contribution in [0.4, 0.5) is 17.2 Å². The van der Waals surface area contributed by atoms with E-state index in [2.05, 4.69) is 20.6 Å². The lowest BCUT2D eigenvalue weighted by Crippen LogP contribution is -2.37.